The third-order valence-electron chi connectivity index (χ3n) is 2.67. The number of amides is 1. The van der Waals surface area contributed by atoms with Crippen LogP contribution in [-0.2, 0) is 14.5 Å². The molecule has 1 fully saturated rings. The molecule has 0 saturated heterocycles. The van der Waals surface area contributed by atoms with Crippen LogP contribution in [-0.4, -0.2) is 22.2 Å². The Morgan fingerprint density at radius 1 is 1.44 bits per heavy atom. The molecule has 1 aromatic rings. The number of ether oxygens (including phenoxy) is 1. The fourth-order valence-electron chi connectivity index (χ4n) is 1.63. The Bertz CT molecular complexity index is 555. The Morgan fingerprint density at radius 2 is 2.06 bits per heavy atom. The summed E-state index contributed by atoms with van der Waals surface area (Å²) in [7, 11) is -2.72. The Balaban J connectivity index is 2.41. The minimum atomic E-state index is -2.72. The van der Waals surface area contributed by atoms with Crippen LogP contribution in [0.25, 0.3) is 0 Å². The van der Waals surface area contributed by atoms with Gasteiger partial charge in [-0.1, -0.05) is 0 Å². The number of hydrogen-bond acceptors (Lipinski definition) is 4. The molecule has 0 heterocycles. The second kappa shape index (κ2) is 4.97. The number of benzene rings is 1. The van der Waals surface area contributed by atoms with Crippen molar-refractivity contribution in [2.24, 2.45) is 4.36 Å². The minimum absolute atomic E-state index is 0.0504. The molecular weight excluding hydrogens is 252 g/mol. The summed E-state index contributed by atoms with van der Waals surface area (Å²) in [5.74, 6) is 0. The van der Waals surface area contributed by atoms with Gasteiger partial charge in [0.1, 0.15) is 0 Å². The molecule has 0 spiro atoms. The molecule has 1 amide bonds. The maximum Gasteiger partial charge on any atom is 0.442 e. The summed E-state index contributed by atoms with van der Waals surface area (Å²) in [5, 5.41) is -0.0504. The number of nitrogens with two attached hydrogens (primary N) is 1. The molecule has 1 aliphatic carbocycles. The summed E-state index contributed by atoms with van der Waals surface area (Å²) in [5.41, 5.74) is 6.19. The maximum absolute atomic E-state index is 12.8. The van der Waals surface area contributed by atoms with Crippen molar-refractivity contribution in [3.05, 3.63) is 24.3 Å². The zero-order valence-electron chi connectivity index (χ0n) is 10.2. The number of rotatable bonds is 3. The van der Waals surface area contributed by atoms with Crippen molar-refractivity contribution in [1.82, 2.24) is 0 Å². The van der Waals surface area contributed by atoms with E-state index < -0.39 is 15.8 Å². The summed E-state index contributed by atoms with van der Waals surface area (Å²) in [6, 6.07) is 6.66. The predicted octanol–water partition coefficient (Wildman–Crippen LogP) is 2.41. The fraction of sp³-hybridized carbons (Fsp3) is 0.417. The van der Waals surface area contributed by atoms with Gasteiger partial charge in [0.15, 0.2) is 0 Å². The van der Waals surface area contributed by atoms with Crippen LogP contribution in [0, 0.1) is 0 Å². The predicted molar refractivity (Wildman–Crippen MR) is 69.7 cm³/mol. The van der Waals surface area contributed by atoms with Gasteiger partial charge in [-0.2, -0.15) is 0 Å². The molecule has 2 N–H and O–H groups in total. The molecule has 6 heteroatoms. The zero-order chi connectivity index (χ0) is 13.2. The van der Waals surface area contributed by atoms with Crippen molar-refractivity contribution in [3.8, 4) is 0 Å². The third kappa shape index (κ3) is 2.64. The lowest BCUT2D eigenvalue weighted by atomic mass is 10.3. The first-order valence-corrected chi connectivity index (χ1v) is 7.42. The van der Waals surface area contributed by atoms with Crippen molar-refractivity contribution in [3.63, 3.8) is 0 Å². The van der Waals surface area contributed by atoms with Gasteiger partial charge in [0, 0.05) is 15.8 Å². The van der Waals surface area contributed by atoms with Crippen LogP contribution in [0.2, 0.25) is 0 Å². The van der Waals surface area contributed by atoms with Gasteiger partial charge in [-0.25, -0.2) is 9.00 Å². The fourth-order valence-corrected chi connectivity index (χ4v) is 3.85. The van der Waals surface area contributed by atoms with Gasteiger partial charge >= 0.3 is 6.09 Å². The van der Waals surface area contributed by atoms with E-state index >= 15 is 0 Å². The molecule has 1 aliphatic rings. The monoisotopic (exact) mass is 268 g/mol. The van der Waals surface area contributed by atoms with Gasteiger partial charge in [0.05, 0.1) is 16.3 Å². The van der Waals surface area contributed by atoms with Crippen LogP contribution in [0.3, 0.4) is 0 Å². The van der Waals surface area contributed by atoms with Crippen LogP contribution in [0.1, 0.15) is 19.8 Å². The molecule has 1 saturated carbocycles. The zero-order valence-corrected chi connectivity index (χ0v) is 11.0. The number of carbonyl (C=O) groups excluding carboxylic acids is 1. The quantitative estimate of drug-likeness (QED) is 0.853. The first-order chi connectivity index (χ1) is 8.56. The van der Waals surface area contributed by atoms with E-state index in [1.54, 1.807) is 31.2 Å². The maximum atomic E-state index is 12.8. The molecule has 0 aromatic heterocycles. The highest BCUT2D eigenvalue weighted by Gasteiger charge is 2.36. The van der Waals surface area contributed by atoms with Crippen LogP contribution in [0.15, 0.2) is 33.5 Å². The van der Waals surface area contributed by atoms with Crippen molar-refractivity contribution in [2.75, 3.05) is 12.3 Å². The van der Waals surface area contributed by atoms with E-state index in [0.29, 0.717) is 10.6 Å². The van der Waals surface area contributed by atoms with E-state index in [1.807, 2.05) is 0 Å². The molecule has 1 aromatic carbocycles. The molecule has 0 bridgehead atoms. The Kier molecular flexibility index (Phi) is 3.56. The van der Waals surface area contributed by atoms with E-state index in [9.17, 15) is 9.00 Å². The molecule has 5 nitrogen and oxygen atoms in total. The van der Waals surface area contributed by atoms with Crippen LogP contribution >= 0.6 is 0 Å². The highest BCUT2D eigenvalue weighted by molar-refractivity contribution is 7.94. The second-order valence-electron chi connectivity index (χ2n) is 4.13. The van der Waals surface area contributed by atoms with E-state index in [-0.39, 0.29) is 11.9 Å². The Morgan fingerprint density at radius 3 is 2.56 bits per heavy atom. The lowest BCUT2D eigenvalue weighted by molar-refractivity contribution is 0.164. The second-order valence-corrected chi connectivity index (χ2v) is 6.59. The molecular formula is C12H16N2O3S. The lowest BCUT2D eigenvalue weighted by Gasteiger charge is -2.09. The van der Waals surface area contributed by atoms with Crippen molar-refractivity contribution in [2.45, 2.75) is 29.9 Å². The van der Waals surface area contributed by atoms with Gasteiger partial charge in [0.25, 0.3) is 0 Å². The Hall–Kier alpha value is -1.56. The standard InChI is InChI=1S/C12H16N2O3S/c1-2-17-12(15)14-18(16,11-7-8-11)10-5-3-9(13)4-6-10/h3-6,11H,2,7-8,13H2,1H3/t18-/m0/s1. The molecule has 0 unspecified atom stereocenters. The molecule has 18 heavy (non-hydrogen) atoms. The van der Waals surface area contributed by atoms with Crippen LogP contribution in [0.5, 0.6) is 0 Å². The highest BCUT2D eigenvalue weighted by atomic mass is 32.2. The van der Waals surface area contributed by atoms with Gasteiger partial charge in [0.2, 0.25) is 0 Å². The van der Waals surface area contributed by atoms with Crippen LogP contribution in [0.4, 0.5) is 10.5 Å². The van der Waals surface area contributed by atoms with Gasteiger partial charge in [-0.15, -0.1) is 4.36 Å². The summed E-state index contributed by atoms with van der Waals surface area (Å²) in [6.07, 6.45) is 0.893. The summed E-state index contributed by atoms with van der Waals surface area (Å²) in [4.78, 5) is 12.0. The molecule has 0 radical (unpaired) electrons. The largest absolute Gasteiger partial charge is 0.448 e. The number of hydrogen-bond donors (Lipinski definition) is 1. The van der Waals surface area contributed by atoms with E-state index in [0.717, 1.165) is 12.8 Å². The molecule has 0 aliphatic heterocycles. The highest BCUT2D eigenvalue weighted by Crippen LogP contribution is 2.35. The van der Waals surface area contributed by atoms with Gasteiger partial charge < -0.3 is 10.5 Å². The first kappa shape index (κ1) is 12.9. The molecule has 98 valence electrons. The normalized spacial score (nSPS) is 17.8. The van der Waals surface area contributed by atoms with E-state index in [2.05, 4.69) is 4.36 Å². The van der Waals surface area contributed by atoms with E-state index in [1.165, 1.54) is 0 Å². The van der Waals surface area contributed by atoms with Crippen molar-refractivity contribution >= 4 is 21.5 Å². The van der Waals surface area contributed by atoms with Crippen molar-refractivity contribution in [1.29, 1.82) is 0 Å². The third-order valence-corrected chi connectivity index (χ3v) is 5.41. The van der Waals surface area contributed by atoms with Crippen LogP contribution < -0.4 is 5.73 Å². The Labute approximate surface area is 107 Å². The lowest BCUT2D eigenvalue weighted by Crippen LogP contribution is -2.11. The summed E-state index contributed by atoms with van der Waals surface area (Å²) in [6.45, 7) is 1.92. The van der Waals surface area contributed by atoms with E-state index in [4.69, 9.17) is 10.5 Å². The number of anilines is 1. The SMILES string of the molecule is CCOC(=O)N=[S@](=O)(c1ccc(N)cc1)C1CC1. The minimum Gasteiger partial charge on any atom is -0.448 e. The summed E-state index contributed by atoms with van der Waals surface area (Å²) >= 11 is 0. The average molecular weight is 268 g/mol. The van der Waals surface area contributed by atoms with Gasteiger partial charge in [-0.3, -0.25) is 0 Å². The average Bonchev–Trinajstić information content (AvgIpc) is 3.13. The number of nitrogens with zero attached hydrogens (tertiary/aromatic N) is 1. The molecule has 2 rings (SSSR count). The topological polar surface area (TPSA) is 81.8 Å². The number of nitrogen functional groups attached to an aromatic ring is 1. The van der Waals surface area contributed by atoms with Crippen molar-refractivity contribution < 1.29 is 13.7 Å². The van der Waals surface area contributed by atoms with Gasteiger partial charge in [-0.05, 0) is 44.0 Å². The number of carbonyl (C=O) groups is 1. The first-order valence-electron chi connectivity index (χ1n) is 5.84. The summed E-state index contributed by atoms with van der Waals surface area (Å²) < 4.78 is 21.4. The smallest absolute Gasteiger partial charge is 0.442 e. The molecule has 1 atom stereocenters.